The van der Waals surface area contributed by atoms with Gasteiger partial charge in [-0.15, -0.1) is 0 Å². The Labute approximate surface area is 150 Å². The van der Waals surface area contributed by atoms with Gasteiger partial charge in [0.25, 0.3) is 0 Å². The van der Waals surface area contributed by atoms with E-state index in [9.17, 15) is 4.79 Å². The number of aromatic nitrogens is 1. The molecule has 1 saturated carbocycles. The molecule has 1 saturated heterocycles. The summed E-state index contributed by atoms with van der Waals surface area (Å²) in [6.07, 6.45) is 7.41. The van der Waals surface area contributed by atoms with Gasteiger partial charge in [-0.3, -0.25) is 14.6 Å². The van der Waals surface area contributed by atoms with Crippen LogP contribution >= 0.6 is 0 Å². The minimum Gasteiger partial charge on any atom is -0.360 e. The quantitative estimate of drug-likeness (QED) is 0.828. The second kappa shape index (κ2) is 8.81. The topological polar surface area (TPSA) is 61.6 Å². The lowest BCUT2D eigenvalue weighted by atomic mass is 10.1. The summed E-state index contributed by atoms with van der Waals surface area (Å²) in [5.41, 5.74) is 0.928. The average molecular weight is 348 g/mol. The predicted octanol–water partition coefficient (Wildman–Crippen LogP) is 2.33. The molecule has 1 aromatic heterocycles. The molecule has 2 fully saturated rings. The number of hydrogen-bond donors (Lipinski definition) is 1. The molecule has 0 radical (unpaired) electrons. The molecule has 140 valence electrons. The van der Waals surface area contributed by atoms with Gasteiger partial charge in [0, 0.05) is 38.3 Å². The van der Waals surface area contributed by atoms with E-state index in [2.05, 4.69) is 20.3 Å². The summed E-state index contributed by atoms with van der Waals surface area (Å²) in [7, 11) is 0. The molecular formula is C19H32N4O2. The van der Waals surface area contributed by atoms with Crippen molar-refractivity contribution in [1.82, 2.24) is 20.3 Å². The van der Waals surface area contributed by atoms with Crippen molar-refractivity contribution in [3.63, 3.8) is 0 Å². The Balaban J connectivity index is 1.42. The van der Waals surface area contributed by atoms with Crippen molar-refractivity contribution < 1.29 is 9.32 Å². The Morgan fingerprint density at radius 1 is 1.24 bits per heavy atom. The summed E-state index contributed by atoms with van der Waals surface area (Å²) in [6.45, 7) is 8.55. The van der Waals surface area contributed by atoms with Crippen LogP contribution in [-0.2, 0) is 11.3 Å². The smallest absolute Gasteiger partial charge is 0.237 e. The molecule has 0 aromatic carbocycles. The van der Waals surface area contributed by atoms with Gasteiger partial charge in [0.15, 0.2) is 5.76 Å². The van der Waals surface area contributed by atoms with Crippen LogP contribution in [0.15, 0.2) is 10.6 Å². The maximum Gasteiger partial charge on any atom is 0.237 e. The van der Waals surface area contributed by atoms with Crippen LogP contribution in [0.3, 0.4) is 0 Å². The highest BCUT2D eigenvalue weighted by atomic mass is 16.5. The molecule has 1 atom stereocenters. The maximum absolute atomic E-state index is 12.6. The van der Waals surface area contributed by atoms with E-state index in [0.717, 1.165) is 57.0 Å². The second-order valence-corrected chi connectivity index (χ2v) is 7.62. The summed E-state index contributed by atoms with van der Waals surface area (Å²) in [5.74, 6) is 1.12. The van der Waals surface area contributed by atoms with Crippen LogP contribution in [-0.4, -0.2) is 59.1 Å². The minimum absolute atomic E-state index is 0.0436. The third-order valence-corrected chi connectivity index (χ3v) is 5.59. The molecule has 2 aliphatic rings. The standard InChI is InChI=1S/C19H32N4O2/c1-15-13-18(25-21-15)14-22-9-11-23(12-10-22)16(2)19(24)20-17-7-5-3-4-6-8-17/h13,16-17H,3-12,14H2,1-2H3,(H,20,24). The third kappa shape index (κ3) is 5.28. The molecule has 0 bridgehead atoms. The van der Waals surface area contributed by atoms with Crippen LogP contribution in [0.1, 0.15) is 56.9 Å². The fraction of sp³-hybridized carbons (Fsp3) is 0.789. The highest BCUT2D eigenvalue weighted by Crippen LogP contribution is 2.18. The number of carbonyl (C=O) groups is 1. The van der Waals surface area contributed by atoms with E-state index in [1.807, 2.05) is 19.9 Å². The van der Waals surface area contributed by atoms with Crippen LogP contribution in [0, 0.1) is 6.92 Å². The zero-order valence-corrected chi connectivity index (χ0v) is 15.7. The molecule has 6 heteroatoms. The van der Waals surface area contributed by atoms with E-state index in [1.165, 1.54) is 25.7 Å². The van der Waals surface area contributed by atoms with Crippen molar-refractivity contribution in [2.75, 3.05) is 26.2 Å². The van der Waals surface area contributed by atoms with Crippen LogP contribution in [0.25, 0.3) is 0 Å². The van der Waals surface area contributed by atoms with Gasteiger partial charge in [0.05, 0.1) is 18.3 Å². The molecule has 1 unspecified atom stereocenters. The highest BCUT2D eigenvalue weighted by Gasteiger charge is 2.27. The Morgan fingerprint density at radius 2 is 1.92 bits per heavy atom. The van der Waals surface area contributed by atoms with Gasteiger partial charge in [-0.1, -0.05) is 30.8 Å². The number of nitrogens with one attached hydrogen (secondary N) is 1. The molecular weight excluding hydrogens is 316 g/mol. The first kappa shape index (κ1) is 18.4. The van der Waals surface area contributed by atoms with Crippen LogP contribution in [0.2, 0.25) is 0 Å². The second-order valence-electron chi connectivity index (χ2n) is 7.62. The summed E-state index contributed by atoms with van der Waals surface area (Å²) >= 11 is 0. The molecule has 1 N–H and O–H groups in total. The normalized spacial score (nSPS) is 22.5. The summed E-state index contributed by atoms with van der Waals surface area (Å²) in [4.78, 5) is 17.3. The minimum atomic E-state index is -0.0436. The average Bonchev–Trinajstić information content (AvgIpc) is 2.85. The summed E-state index contributed by atoms with van der Waals surface area (Å²) in [5, 5.41) is 7.24. The number of rotatable bonds is 5. The largest absolute Gasteiger partial charge is 0.360 e. The lowest BCUT2D eigenvalue weighted by Crippen LogP contribution is -2.54. The number of amides is 1. The van der Waals surface area contributed by atoms with Gasteiger partial charge in [-0.25, -0.2) is 0 Å². The molecule has 1 aliphatic carbocycles. The summed E-state index contributed by atoms with van der Waals surface area (Å²) < 4.78 is 5.30. The third-order valence-electron chi connectivity index (χ3n) is 5.59. The van der Waals surface area contributed by atoms with E-state index < -0.39 is 0 Å². The van der Waals surface area contributed by atoms with Gasteiger partial charge in [0.1, 0.15) is 0 Å². The zero-order valence-electron chi connectivity index (χ0n) is 15.7. The van der Waals surface area contributed by atoms with E-state index >= 15 is 0 Å². The lowest BCUT2D eigenvalue weighted by molar-refractivity contribution is -0.127. The molecule has 6 nitrogen and oxygen atoms in total. The predicted molar refractivity (Wildman–Crippen MR) is 97.2 cm³/mol. The highest BCUT2D eigenvalue weighted by molar-refractivity contribution is 5.81. The van der Waals surface area contributed by atoms with Crippen LogP contribution in [0.4, 0.5) is 0 Å². The first-order chi connectivity index (χ1) is 12.1. The molecule has 0 spiro atoms. The fourth-order valence-electron chi connectivity index (χ4n) is 3.93. The summed E-state index contributed by atoms with van der Waals surface area (Å²) in [6, 6.07) is 2.33. The van der Waals surface area contributed by atoms with Gasteiger partial charge in [-0.05, 0) is 26.7 Å². The van der Waals surface area contributed by atoms with E-state index in [1.54, 1.807) is 0 Å². The van der Waals surface area contributed by atoms with E-state index in [-0.39, 0.29) is 11.9 Å². The molecule has 3 rings (SSSR count). The monoisotopic (exact) mass is 348 g/mol. The number of carbonyl (C=O) groups excluding carboxylic acids is 1. The molecule has 1 aromatic rings. The molecule has 1 amide bonds. The number of aryl methyl sites for hydroxylation is 1. The van der Waals surface area contributed by atoms with Crippen molar-refractivity contribution in [3.8, 4) is 0 Å². The first-order valence-corrected chi connectivity index (χ1v) is 9.81. The molecule has 2 heterocycles. The van der Waals surface area contributed by atoms with E-state index in [0.29, 0.717) is 6.04 Å². The Morgan fingerprint density at radius 3 is 2.52 bits per heavy atom. The zero-order chi connectivity index (χ0) is 17.6. The van der Waals surface area contributed by atoms with Gasteiger partial charge in [0.2, 0.25) is 5.91 Å². The van der Waals surface area contributed by atoms with Gasteiger partial charge in [-0.2, -0.15) is 0 Å². The first-order valence-electron chi connectivity index (χ1n) is 9.81. The number of nitrogens with zero attached hydrogens (tertiary/aromatic N) is 3. The Kier molecular flexibility index (Phi) is 6.48. The van der Waals surface area contributed by atoms with Gasteiger partial charge >= 0.3 is 0 Å². The Hall–Kier alpha value is -1.40. The number of piperazine rings is 1. The molecule has 1 aliphatic heterocycles. The fourth-order valence-corrected chi connectivity index (χ4v) is 3.93. The molecule has 25 heavy (non-hydrogen) atoms. The number of hydrogen-bond acceptors (Lipinski definition) is 5. The van der Waals surface area contributed by atoms with Crippen LogP contribution in [0.5, 0.6) is 0 Å². The van der Waals surface area contributed by atoms with Crippen molar-refractivity contribution in [3.05, 3.63) is 17.5 Å². The SMILES string of the molecule is Cc1cc(CN2CCN(C(C)C(=O)NC3CCCCCC3)CC2)on1. The Bertz CT molecular complexity index is 543. The maximum atomic E-state index is 12.6. The van der Waals surface area contributed by atoms with E-state index in [4.69, 9.17) is 4.52 Å². The van der Waals surface area contributed by atoms with Crippen molar-refractivity contribution in [1.29, 1.82) is 0 Å². The van der Waals surface area contributed by atoms with Gasteiger partial charge < -0.3 is 9.84 Å². The lowest BCUT2D eigenvalue weighted by Gasteiger charge is -2.37. The van der Waals surface area contributed by atoms with Crippen molar-refractivity contribution >= 4 is 5.91 Å². The van der Waals surface area contributed by atoms with Crippen molar-refractivity contribution in [2.45, 2.75) is 71.0 Å². The van der Waals surface area contributed by atoms with Crippen molar-refractivity contribution in [2.24, 2.45) is 0 Å². The van der Waals surface area contributed by atoms with Crippen LogP contribution < -0.4 is 5.32 Å².